The molecule has 0 amide bonds. The molecule has 0 unspecified atom stereocenters. The molecular formula is C32H31Br2N5O. The van der Waals surface area contributed by atoms with Gasteiger partial charge in [-0.15, -0.1) is 0 Å². The van der Waals surface area contributed by atoms with E-state index in [0.29, 0.717) is 0 Å². The van der Waals surface area contributed by atoms with Crippen LogP contribution in [0.1, 0.15) is 34.2 Å². The van der Waals surface area contributed by atoms with E-state index in [-0.39, 0.29) is 34.0 Å². The molecule has 8 bridgehead atoms. The first-order chi connectivity index (χ1) is 18.6. The minimum absolute atomic E-state index is 0. The predicted molar refractivity (Wildman–Crippen MR) is 147 cm³/mol. The van der Waals surface area contributed by atoms with Gasteiger partial charge in [0.15, 0.2) is 22.1 Å². The summed E-state index contributed by atoms with van der Waals surface area (Å²) in [4.78, 5) is 5.13. The minimum atomic E-state index is 0. The van der Waals surface area contributed by atoms with Crippen LogP contribution in [0, 0.1) is 13.8 Å². The molecule has 0 fully saturated rings. The van der Waals surface area contributed by atoms with Crippen molar-refractivity contribution in [2.24, 2.45) is 0 Å². The van der Waals surface area contributed by atoms with Crippen LogP contribution in [0.3, 0.4) is 0 Å². The average Bonchev–Trinajstić information content (AvgIpc) is 3.35. The molecule has 4 heterocycles. The number of para-hydroxylation sites is 5. The number of pyridine rings is 1. The van der Waals surface area contributed by atoms with Crippen molar-refractivity contribution < 1.29 is 47.8 Å². The normalized spacial score (nSPS) is 12.6. The number of methoxy groups -OCH3 is 1. The lowest BCUT2D eigenvalue weighted by atomic mass is 10.1. The Labute approximate surface area is 255 Å². The highest BCUT2D eigenvalue weighted by atomic mass is 79.9. The third-order valence-electron chi connectivity index (χ3n) is 8.03. The Kier molecular flexibility index (Phi) is 7.84. The van der Waals surface area contributed by atoms with Crippen LogP contribution in [0.15, 0.2) is 84.9 Å². The van der Waals surface area contributed by atoms with Gasteiger partial charge in [-0.1, -0.05) is 48.5 Å². The van der Waals surface area contributed by atoms with Gasteiger partial charge in [0.05, 0.1) is 18.5 Å². The van der Waals surface area contributed by atoms with Crippen LogP contribution >= 0.6 is 0 Å². The van der Waals surface area contributed by atoms with Crippen LogP contribution in [-0.2, 0) is 26.2 Å². The first kappa shape index (κ1) is 28.1. The number of ether oxygens (including phenoxy) is 1. The highest BCUT2D eigenvalue weighted by molar-refractivity contribution is 5.73. The van der Waals surface area contributed by atoms with E-state index in [0.717, 1.165) is 43.3 Å². The molecule has 0 saturated carbocycles. The van der Waals surface area contributed by atoms with E-state index in [4.69, 9.17) is 9.72 Å². The van der Waals surface area contributed by atoms with Crippen LogP contribution in [-0.4, -0.2) is 21.2 Å². The van der Waals surface area contributed by atoms with Crippen molar-refractivity contribution in [1.29, 1.82) is 0 Å². The summed E-state index contributed by atoms with van der Waals surface area (Å²) in [5.74, 6) is 3.35. The van der Waals surface area contributed by atoms with Crippen molar-refractivity contribution in [1.82, 2.24) is 14.1 Å². The zero-order chi connectivity index (χ0) is 25.8. The lowest BCUT2D eigenvalue weighted by Crippen LogP contribution is -3.00. The molecule has 0 N–H and O–H groups in total. The van der Waals surface area contributed by atoms with E-state index in [2.05, 4.69) is 117 Å². The number of hydrogen-bond donors (Lipinski definition) is 0. The molecule has 3 aromatic heterocycles. The molecule has 0 atom stereocenters. The Hall–Kier alpha value is -3.49. The molecule has 0 saturated heterocycles. The van der Waals surface area contributed by atoms with E-state index in [1.807, 2.05) is 0 Å². The first-order valence-corrected chi connectivity index (χ1v) is 13.2. The number of nitrogens with zero attached hydrogens (tertiary/aromatic N) is 5. The first-order valence-electron chi connectivity index (χ1n) is 13.2. The van der Waals surface area contributed by atoms with E-state index in [1.165, 1.54) is 44.8 Å². The van der Waals surface area contributed by atoms with Crippen LogP contribution < -0.4 is 47.8 Å². The standard InChI is InChI=1S/C32H31N5O.2BrH/c1-22-34-18-24-10-8-11-25(32(24)38-3)19-35-23(2)37(31-17-7-5-15-29(31)35)21-27-13-9-12-26(33-27)20-36(22)30-16-6-4-14-28(30)34;;/h4-17H,18-21H2,1-3H3;2*1H/q+2;;/p-2. The summed E-state index contributed by atoms with van der Waals surface area (Å²) >= 11 is 0. The molecule has 40 heavy (non-hydrogen) atoms. The monoisotopic (exact) mass is 659 g/mol. The molecular weight excluding hydrogens is 630 g/mol. The molecule has 8 heteroatoms. The summed E-state index contributed by atoms with van der Waals surface area (Å²) in [6, 6.07) is 30.3. The van der Waals surface area contributed by atoms with Crippen molar-refractivity contribution in [2.45, 2.75) is 40.0 Å². The molecule has 3 aromatic carbocycles. The van der Waals surface area contributed by atoms with Crippen molar-refractivity contribution in [3.63, 3.8) is 0 Å². The fourth-order valence-electron chi connectivity index (χ4n) is 6.15. The van der Waals surface area contributed by atoms with E-state index in [9.17, 15) is 0 Å². The van der Waals surface area contributed by atoms with Gasteiger partial charge in [-0.3, -0.25) is 0 Å². The average molecular weight is 661 g/mol. The molecule has 7 rings (SSSR count). The van der Waals surface area contributed by atoms with Gasteiger partial charge >= 0.3 is 0 Å². The Morgan fingerprint density at radius 1 is 0.625 bits per heavy atom. The van der Waals surface area contributed by atoms with Crippen LogP contribution in [0.4, 0.5) is 0 Å². The second-order valence-corrected chi connectivity index (χ2v) is 10.1. The summed E-state index contributed by atoms with van der Waals surface area (Å²) in [7, 11) is 1.79. The number of fused-ring (bicyclic) bond motifs is 14. The van der Waals surface area contributed by atoms with Gasteiger partial charge in [0.25, 0.3) is 11.6 Å². The lowest BCUT2D eigenvalue weighted by Gasteiger charge is -2.13. The molecule has 204 valence electrons. The van der Waals surface area contributed by atoms with Crippen molar-refractivity contribution in [3.05, 3.63) is 119 Å². The van der Waals surface area contributed by atoms with Crippen LogP contribution in [0.25, 0.3) is 22.1 Å². The van der Waals surface area contributed by atoms with Crippen molar-refractivity contribution in [2.75, 3.05) is 7.11 Å². The third kappa shape index (κ3) is 4.53. The molecule has 6 nitrogen and oxygen atoms in total. The van der Waals surface area contributed by atoms with E-state index in [1.54, 1.807) is 7.11 Å². The maximum Gasteiger partial charge on any atom is 0.254 e. The fraction of sp³-hybridized carbons (Fsp3) is 0.219. The highest BCUT2D eigenvalue weighted by Gasteiger charge is 2.27. The summed E-state index contributed by atoms with van der Waals surface area (Å²) in [5.41, 5.74) is 9.33. The Morgan fingerprint density at radius 2 is 1.07 bits per heavy atom. The largest absolute Gasteiger partial charge is 1.00 e. The number of aromatic nitrogens is 5. The predicted octanol–water partition coefficient (Wildman–Crippen LogP) is -1.29. The topological polar surface area (TPSA) is 39.7 Å². The number of rotatable bonds is 1. The van der Waals surface area contributed by atoms with E-state index < -0.39 is 0 Å². The smallest absolute Gasteiger partial charge is 0.254 e. The van der Waals surface area contributed by atoms with Crippen LogP contribution in [0.2, 0.25) is 0 Å². The number of benzene rings is 3. The second kappa shape index (κ2) is 11.2. The highest BCUT2D eigenvalue weighted by Crippen LogP contribution is 2.27. The van der Waals surface area contributed by atoms with Gasteiger partial charge in [0.1, 0.15) is 31.9 Å². The number of halogens is 2. The molecule has 0 aliphatic carbocycles. The number of hydrogen-bond acceptors (Lipinski definition) is 2. The zero-order valence-electron chi connectivity index (χ0n) is 22.8. The fourth-order valence-corrected chi connectivity index (χ4v) is 6.15. The summed E-state index contributed by atoms with van der Waals surface area (Å²) in [6.07, 6.45) is 0. The Balaban J connectivity index is 0.00000161. The van der Waals surface area contributed by atoms with Gasteiger partial charge in [-0.05, 0) is 36.4 Å². The Morgan fingerprint density at radius 3 is 1.55 bits per heavy atom. The zero-order valence-corrected chi connectivity index (χ0v) is 26.0. The van der Waals surface area contributed by atoms with Crippen LogP contribution in [0.5, 0.6) is 5.75 Å². The van der Waals surface area contributed by atoms with Gasteiger partial charge in [-0.25, -0.2) is 23.3 Å². The van der Waals surface area contributed by atoms with Gasteiger partial charge in [0, 0.05) is 25.0 Å². The van der Waals surface area contributed by atoms with Crippen molar-refractivity contribution >= 4 is 22.1 Å². The second-order valence-electron chi connectivity index (χ2n) is 10.1. The van der Waals surface area contributed by atoms with E-state index >= 15 is 0 Å². The summed E-state index contributed by atoms with van der Waals surface area (Å²) < 4.78 is 15.7. The number of imidazole rings is 2. The third-order valence-corrected chi connectivity index (χ3v) is 8.03. The quantitative estimate of drug-likeness (QED) is 0.206. The van der Waals surface area contributed by atoms with Gasteiger partial charge < -0.3 is 38.7 Å². The van der Waals surface area contributed by atoms with Gasteiger partial charge in [-0.2, -0.15) is 0 Å². The summed E-state index contributed by atoms with van der Waals surface area (Å²) in [6.45, 7) is 7.31. The maximum atomic E-state index is 6.11. The molecule has 6 aromatic rings. The Bertz CT molecular complexity index is 1730. The summed E-state index contributed by atoms with van der Waals surface area (Å²) in [5, 5.41) is 0. The van der Waals surface area contributed by atoms with Crippen molar-refractivity contribution in [3.8, 4) is 5.75 Å². The molecule has 1 aliphatic heterocycles. The molecule has 0 spiro atoms. The molecule has 0 radical (unpaired) electrons. The lowest BCUT2D eigenvalue weighted by molar-refractivity contribution is -0.670. The SMILES string of the molecule is COc1c2cccc1C[n+]1c(C)n(c3ccccc31)Cc1cccc(n1)Cn1c(C)[n+](c3ccccc31)C2.[Br-].[Br-]. The minimum Gasteiger partial charge on any atom is -1.00 e. The van der Waals surface area contributed by atoms with Gasteiger partial charge in [0.2, 0.25) is 0 Å². The molecule has 1 aliphatic rings. The maximum absolute atomic E-state index is 6.11.